The monoisotopic (exact) mass is 324 g/mol. The molecule has 0 atom stereocenters. The van der Waals surface area contributed by atoms with Crippen molar-refractivity contribution in [2.24, 2.45) is 0 Å². The quantitative estimate of drug-likeness (QED) is 0.532. The summed E-state index contributed by atoms with van der Waals surface area (Å²) in [6.45, 7) is 2.48. The summed E-state index contributed by atoms with van der Waals surface area (Å²) in [7, 11) is 0. The summed E-state index contributed by atoms with van der Waals surface area (Å²) in [6.07, 6.45) is 1.74. The van der Waals surface area contributed by atoms with Gasteiger partial charge in [-0.1, -0.05) is 29.8 Å². The summed E-state index contributed by atoms with van der Waals surface area (Å²) >= 11 is 5.84. The minimum absolute atomic E-state index is 0.0725. The molecule has 3 heterocycles. The summed E-state index contributed by atoms with van der Waals surface area (Å²) < 4.78 is 3.65. The van der Waals surface area contributed by atoms with Crippen LogP contribution in [0.3, 0.4) is 0 Å². The Morgan fingerprint density at radius 3 is 2.78 bits per heavy atom. The van der Waals surface area contributed by atoms with Gasteiger partial charge in [0.2, 0.25) is 5.78 Å². The Kier molecular flexibility index (Phi) is 3.16. The first-order valence-corrected chi connectivity index (χ1v) is 7.59. The molecule has 0 aliphatic heterocycles. The Hall–Kier alpha value is -2.66. The Bertz CT molecular complexity index is 1080. The molecule has 5 nitrogen and oxygen atoms in total. The molecule has 23 heavy (non-hydrogen) atoms. The molecule has 0 bridgehead atoms. The Balaban J connectivity index is 1.98. The molecule has 4 rings (SSSR count). The Labute approximate surface area is 136 Å². The highest BCUT2D eigenvalue weighted by Gasteiger charge is 2.12. The minimum atomic E-state index is -0.0725. The number of nitrogens with zero attached hydrogens (tertiary/aromatic N) is 4. The van der Waals surface area contributed by atoms with E-state index in [0.717, 1.165) is 22.3 Å². The van der Waals surface area contributed by atoms with Crippen LogP contribution in [0.25, 0.3) is 16.8 Å². The lowest BCUT2D eigenvalue weighted by Gasteiger charge is -2.12. The van der Waals surface area contributed by atoms with E-state index in [1.807, 2.05) is 41.8 Å². The summed E-state index contributed by atoms with van der Waals surface area (Å²) in [4.78, 5) is 21.1. The fourth-order valence-electron chi connectivity index (χ4n) is 2.77. The van der Waals surface area contributed by atoms with E-state index in [-0.39, 0.29) is 5.56 Å². The van der Waals surface area contributed by atoms with Gasteiger partial charge in [0.1, 0.15) is 5.15 Å². The SMILES string of the molecule is Cc1cc(=O)n2c3ccccc3nc2n1Cc1ccc(Cl)nc1. The highest BCUT2D eigenvalue weighted by atomic mass is 35.5. The van der Waals surface area contributed by atoms with Gasteiger partial charge in [-0.2, -0.15) is 0 Å². The first-order chi connectivity index (χ1) is 11.1. The van der Waals surface area contributed by atoms with Gasteiger partial charge in [-0.15, -0.1) is 0 Å². The van der Waals surface area contributed by atoms with Crippen molar-refractivity contribution in [2.45, 2.75) is 13.5 Å². The maximum atomic E-state index is 12.4. The Morgan fingerprint density at radius 1 is 1.17 bits per heavy atom. The molecule has 0 spiro atoms. The maximum Gasteiger partial charge on any atom is 0.259 e. The highest BCUT2D eigenvalue weighted by molar-refractivity contribution is 6.29. The van der Waals surface area contributed by atoms with Crippen LogP contribution in [0.4, 0.5) is 0 Å². The largest absolute Gasteiger partial charge is 0.311 e. The normalized spacial score (nSPS) is 11.4. The number of imidazole rings is 1. The van der Waals surface area contributed by atoms with Gasteiger partial charge < -0.3 is 4.57 Å². The van der Waals surface area contributed by atoms with Crippen LogP contribution in [0.1, 0.15) is 11.3 Å². The zero-order valence-corrected chi connectivity index (χ0v) is 13.2. The van der Waals surface area contributed by atoms with Gasteiger partial charge in [0.25, 0.3) is 5.56 Å². The molecule has 0 amide bonds. The van der Waals surface area contributed by atoms with Crippen molar-refractivity contribution in [2.75, 3.05) is 0 Å². The van der Waals surface area contributed by atoms with Crippen LogP contribution >= 0.6 is 11.6 Å². The van der Waals surface area contributed by atoms with Crippen molar-refractivity contribution < 1.29 is 0 Å². The zero-order chi connectivity index (χ0) is 16.0. The zero-order valence-electron chi connectivity index (χ0n) is 12.4. The van der Waals surface area contributed by atoms with Crippen LogP contribution in [-0.2, 0) is 6.54 Å². The lowest BCUT2D eigenvalue weighted by molar-refractivity contribution is 0.749. The summed E-state index contributed by atoms with van der Waals surface area (Å²) in [6, 6.07) is 12.9. The predicted molar refractivity (Wildman–Crippen MR) is 90.0 cm³/mol. The molecule has 3 aromatic heterocycles. The molecular weight excluding hydrogens is 312 g/mol. The molecule has 0 saturated heterocycles. The van der Waals surface area contributed by atoms with E-state index in [9.17, 15) is 4.79 Å². The number of benzene rings is 1. The Morgan fingerprint density at radius 2 is 2.00 bits per heavy atom. The second-order valence-corrected chi connectivity index (χ2v) is 5.82. The molecule has 0 fully saturated rings. The minimum Gasteiger partial charge on any atom is -0.311 e. The molecule has 4 aromatic rings. The average molecular weight is 325 g/mol. The smallest absolute Gasteiger partial charge is 0.259 e. The number of hydrogen-bond acceptors (Lipinski definition) is 3. The molecule has 0 N–H and O–H groups in total. The van der Waals surface area contributed by atoms with Crippen LogP contribution in [0.5, 0.6) is 0 Å². The number of rotatable bonds is 2. The molecule has 0 radical (unpaired) electrons. The fourth-order valence-corrected chi connectivity index (χ4v) is 2.88. The third kappa shape index (κ3) is 2.29. The van der Waals surface area contributed by atoms with Crippen LogP contribution in [-0.4, -0.2) is 18.9 Å². The molecule has 1 aromatic carbocycles. The fraction of sp³-hybridized carbons (Fsp3) is 0.118. The molecule has 114 valence electrons. The number of aryl methyl sites for hydroxylation is 1. The second kappa shape index (κ2) is 5.21. The van der Waals surface area contributed by atoms with Gasteiger partial charge in [0, 0.05) is 18.0 Å². The summed E-state index contributed by atoms with van der Waals surface area (Å²) in [5.74, 6) is 0.631. The molecule has 0 unspecified atom stereocenters. The van der Waals surface area contributed by atoms with Gasteiger partial charge >= 0.3 is 0 Å². The van der Waals surface area contributed by atoms with E-state index < -0.39 is 0 Å². The van der Waals surface area contributed by atoms with Crippen molar-refractivity contribution >= 4 is 28.4 Å². The molecule has 6 heteroatoms. The lowest BCUT2D eigenvalue weighted by Crippen LogP contribution is -2.19. The maximum absolute atomic E-state index is 12.4. The van der Waals surface area contributed by atoms with Crippen LogP contribution in [0, 0.1) is 6.92 Å². The van der Waals surface area contributed by atoms with Gasteiger partial charge in [0.05, 0.1) is 17.6 Å². The highest BCUT2D eigenvalue weighted by Crippen LogP contribution is 2.17. The average Bonchev–Trinajstić information content (AvgIpc) is 2.93. The van der Waals surface area contributed by atoms with E-state index in [4.69, 9.17) is 11.6 Å². The van der Waals surface area contributed by atoms with Crippen molar-refractivity contribution in [3.63, 3.8) is 0 Å². The van der Waals surface area contributed by atoms with Gasteiger partial charge in [-0.25, -0.2) is 14.4 Å². The van der Waals surface area contributed by atoms with Crippen LogP contribution in [0.15, 0.2) is 53.5 Å². The molecule has 0 saturated carbocycles. The van der Waals surface area contributed by atoms with Gasteiger partial charge in [-0.3, -0.25) is 4.79 Å². The standard InChI is InChI=1S/C17H13ClN4O/c1-11-8-16(23)22-14-5-3-2-4-13(14)20-17(22)21(11)10-12-6-7-15(18)19-9-12/h2-9H,10H2,1H3. The number of halogens is 1. The van der Waals surface area contributed by atoms with E-state index in [1.165, 1.54) is 0 Å². The van der Waals surface area contributed by atoms with Gasteiger partial charge in [0.15, 0.2) is 0 Å². The number of aromatic nitrogens is 4. The summed E-state index contributed by atoms with van der Waals surface area (Å²) in [5.41, 5.74) is 3.40. The first-order valence-electron chi connectivity index (χ1n) is 7.21. The topological polar surface area (TPSA) is 52.2 Å². The molecule has 0 aliphatic carbocycles. The van der Waals surface area contributed by atoms with E-state index in [2.05, 4.69) is 9.97 Å². The number of para-hydroxylation sites is 2. The van der Waals surface area contributed by atoms with Crippen molar-refractivity contribution in [3.8, 4) is 0 Å². The van der Waals surface area contributed by atoms with Crippen molar-refractivity contribution in [1.29, 1.82) is 0 Å². The molecular formula is C17H13ClN4O. The van der Waals surface area contributed by atoms with Crippen molar-refractivity contribution in [1.82, 2.24) is 18.9 Å². The van der Waals surface area contributed by atoms with E-state index in [1.54, 1.807) is 22.7 Å². The van der Waals surface area contributed by atoms with E-state index >= 15 is 0 Å². The first kappa shape index (κ1) is 14.0. The third-order valence-corrected chi connectivity index (χ3v) is 4.12. The molecule has 0 aliphatic rings. The lowest BCUT2D eigenvalue weighted by atomic mass is 10.2. The number of hydrogen-bond donors (Lipinski definition) is 0. The van der Waals surface area contributed by atoms with Gasteiger partial charge in [-0.05, 0) is 30.7 Å². The number of pyridine rings is 1. The third-order valence-electron chi connectivity index (χ3n) is 3.89. The second-order valence-electron chi connectivity index (χ2n) is 5.44. The summed E-state index contributed by atoms with van der Waals surface area (Å²) in [5, 5.41) is 0.460. The number of fused-ring (bicyclic) bond motifs is 3. The van der Waals surface area contributed by atoms with Crippen LogP contribution in [0.2, 0.25) is 5.15 Å². The van der Waals surface area contributed by atoms with Crippen molar-refractivity contribution in [3.05, 3.63) is 75.4 Å². The van der Waals surface area contributed by atoms with E-state index in [0.29, 0.717) is 17.5 Å². The predicted octanol–water partition coefficient (Wildman–Crippen LogP) is 3.05. The van der Waals surface area contributed by atoms with Crippen LogP contribution < -0.4 is 5.56 Å².